The van der Waals surface area contributed by atoms with Crippen LogP contribution in [0.4, 0.5) is 0 Å². The van der Waals surface area contributed by atoms with E-state index in [1.165, 1.54) is 38.8 Å². The molecule has 2 aliphatic heterocycles. The van der Waals surface area contributed by atoms with Gasteiger partial charge in [-0.15, -0.1) is 0 Å². The lowest BCUT2D eigenvalue weighted by Gasteiger charge is -2.32. The van der Waals surface area contributed by atoms with Gasteiger partial charge in [0.1, 0.15) is 0 Å². The number of hydrogen-bond donors (Lipinski definition) is 1. The Balaban J connectivity index is 1.70. The molecule has 3 aliphatic rings. The topological polar surface area (TPSA) is 15.3 Å². The van der Waals surface area contributed by atoms with Gasteiger partial charge in [-0.1, -0.05) is 0 Å². The second kappa shape index (κ2) is 2.20. The minimum Gasteiger partial charge on any atom is -0.309 e. The number of likely N-dealkylation sites (tertiary alicyclic amines) is 1. The van der Waals surface area contributed by atoms with Crippen molar-refractivity contribution in [2.75, 3.05) is 13.1 Å². The highest BCUT2D eigenvalue weighted by atomic mass is 15.3. The zero-order valence-corrected chi connectivity index (χ0v) is 6.92. The zero-order chi connectivity index (χ0) is 7.26. The molecule has 2 heterocycles. The normalized spacial score (nSPS) is 44.7. The summed E-state index contributed by atoms with van der Waals surface area (Å²) >= 11 is 0. The van der Waals surface area contributed by atoms with Crippen LogP contribution < -0.4 is 5.32 Å². The van der Waals surface area contributed by atoms with E-state index in [1.807, 2.05) is 0 Å². The van der Waals surface area contributed by atoms with Crippen molar-refractivity contribution in [2.24, 2.45) is 0 Å². The standard InChI is InChI=1S/C9H16N2/c1-2-8-6-11(9-3-4-9)5-7(1)10-8/h7-10H,1-6H2. The largest absolute Gasteiger partial charge is 0.309 e. The Morgan fingerprint density at radius 2 is 1.55 bits per heavy atom. The molecule has 11 heavy (non-hydrogen) atoms. The summed E-state index contributed by atoms with van der Waals surface area (Å²) in [5, 5.41) is 3.66. The van der Waals surface area contributed by atoms with Gasteiger partial charge in [-0.25, -0.2) is 0 Å². The quantitative estimate of drug-likeness (QED) is 0.591. The van der Waals surface area contributed by atoms with Crippen molar-refractivity contribution in [2.45, 2.75) is 43.8 Å². The van der Waals surface area contributed by atoms with Crippen molar-refractivity contribution in [1.29, 1.82) is 0 Å². The third-order valence-corrected chi connectivity index (χ3v) is 3.31. The molecular weight excluding hydrogens is 136 g/mol. The smallest absolute Gasteiger partial charge is 0.0198 e. The third-order valence-electron chi connectivity index (χ3n) is 3.31. The van der Waals surface area contributed by atoms with Gasteiger partial charge in [0.25, 0.3) is 0 Å². The minimum atomic E-state index is 0.842. The van der Waals surface area contributed by atoms with E-state index in [0.29, 0.717) is 0 Å². The van der Waals surface area contributed by atoms with Crippen molar-refractivity contribution in [3.05, 3.63) is 0 Å². The summed E-state index contributed by atoms with van der Waals surface area (Å²) in [6.45, 7) is 2.67. The molecule has 62 valence electrons. The molecule has 3 fully saturated rings. The van der Waals surface area contributed by atoms with Gasteiger partial charge in [0.15, 0.2) is 0 Å². The number of rotatable bonds is 1. The van der Waals surface area contributed by atoms with Crippen molar-refractivity contribution >= 4 is 0 Å². The maximum atomic E-state index is 3.66. The first-order chi connectivity index (χ1) is 5.42. The summed E-state index contributed by atoms with van der Waals surface area (Å²) in [4.78, 5) is 2.71. The monoisotopic (exact) mass is 152 g/mol. The maximum Gasteiger partial charge on any atom is 0.0198 e. The third kappa shape index (κ3) is 1.09. The zero-order valence-electron chi connectivity index (χ0n) is 6.92. The summed E-state index contributed by atoms with van der Waals surface area (Å²) < 4.78 is 0. The molecule has 2 heteroatoms. The van der Waals surface area contributed by atoms with Crippen LogP contribution >= 0.6 is 0 Å². The number of fused-ring (bicyclic) bond motifs is 2. The Morgan fingerprint density at radius 3 is 2.09 bits per heavy atom. The van der Waals surface area contributed by atoms with Gasteiger partial charge in [-0.05, 0) is 25.7 Å². The molecule has 1 aliphatic carbocycles. The Morgan fingerprint density at radius 1 is 0.909 bits per heavy atom. The molecule has 0 amide bonds. The maximum absolute atomic E-state index is 3.66. The van der Waals surface area contributed by atoms with Gasteiger partial charge >= 0.3 is 0 Å². The number of nitrogens with zero attached hydrogens (tertiary/aromatic N) is 1. The van der Waals surface area contributed by atoms with Crippen LogP contribution in [0.2, 0.25) is 0 Å². The highest BCUT2D eigenvalue weighted by Crippen LogP contribution is 2.31. The van der Waals surface area contributed by atoms with Crippen molar-refractivity contribution in [1.82, 2.24) is 10.2 Å². The van der Waals surface area contributed by atoms with Gasteiger partial charge in [0.2, 0.25) is 0 Å². The summed E-state index contributed by atoms with van der Waals surface area (Å²) in [6, 6.07) is 2.67. The van der Waals surface area contributed by atoms with Gasteiger partial charge < -0.3 is 5.32 Å². The van der Waals surface area contributed by atoms with Gasteiger partial charge in [0, 0.05) is 31.2 Å². The van der Waals surface area contributed by atoms with E-state index in [1.54, 1.807) is 0 Å². The molecule has 3 rings (SSSR count). The molecule has 1 saturated carbocycles. The number of nitrogens with one attached hydrogen (secondary N) is 1. The van der Waals surface area contributed by atoms with Gasteiger partial charge in [-0.3, -0.25) is 4.90 Å². The van der Waals surface area contributed by atoms with Crippen molar-refractivity contribution in [3.63, 3.8) is 0 Å². The molecule has 0 aromatic rings. The molecule has 2 bridgehead atoms. The Hall–Kier alpha value is -0.0800. The summed E-state index contributed by atoms with van der Waals surface area (Å²) in [7, 11) is 0. The molecular formula is C9H16N2. The van der Waals surface area contributed by atoms with Crippen molar-refractivity contribution < 1.29 is 0 Å². The highest BCUT2D eigenvalue weighted by Gasteiger charge is 2.38. The molecule has 0 aromatic carbocycles. The lowest BCUT2D eigenvalue weighted by molar-refractivity contribution is 0.187. The van der Waals surface area contributed by atoms with Crippen LogP contribution in [-0.2, 0) is 0 Å². The lowest BCUT2D eigenvalue weighted by Crippen LogP contribution is -2.51. The predicted octanol–water partition coefficient (Wildman–Crippen LogP) is 0.585. The van der Waals surface area contributed by atoms with Crippen LogP contribution in [-0.4, -0.2) is 36.1 Å². The first-order valence-corrected chi connectivity index (χ1v) is 4.92. The van der Waals surface area contributed by atoms with E-state index in [0.717, 1.165) is 18.1 Å². The van der Waals surface area contributed by atoms with E-state index in [-0.39, 0.29) is 0 Å². The molecule has 2 nitrogen and oxygen atoms in total. The van der Waals surface area contributed by atoms with Gasteiger partial charge in [0.05, 0.1) is 0 Å². The van der Waals surface area contributed by atoms with Crippen LogP contribution in [0.25, 0.3) is 0 Å². The minimum absolute atomic E-state index is 0.842. The van der Waals surface area contributed by atoms with E-state index in [9.17, 15) is 0 Å². The first kappa shape index (κ1) is 6.44. The molecule has 2 unspecified atom stereocenters. The fourth-order valence-corrected chi connectivity index (χ4v) is 2.57. The second-order valence-corrected chi connectivity index (χ2v) is 4.32. The predicted molar refractivity (Wildman–Crippen MR) is 44.5 cm³/mol. The van der Waals surface area contributed by atoms with Crippen LogP contribution in [0, 0.1) is 0 Å². The Labute approximate surface area is 68.0 Å². The Bertz CT molecular complexity index is 153. The average Bonchev–Trinajstić information content (AvgIpc) is 2.79. The van der Waals surface area contributed by atoms with Crippen LogP contribution in [0.1, 0.15) is 25.7 Å². The number of hydrogen-bond acceptors (Lipinski definition) is 2. The highest BCUT2D eigenvalue weighted by molar-refractivity contribution is 4.97. The molecule has 2 saturated heterocycles. The fourth-order valence-electron chi connectivity index (χ4n) is 2.57. The molecule has 0 aromatic heterocycles. The first-order valence-electron chi connectivity index (χ1n) is 4.92. The second-order valence-electron chi connectivity index (χ2n) is 4.32. The fraction of sp³-hybridized carbons (Fsp3) is 1.00. The van der Waals surface area contributed by atoms with Crippen LogP contribution in [0.15, 0.2) is 0 Å². The van der Waals surface area contributed by atoms with Crippen LogP contribution in [0.5, 0.6) is 0 Å². The molecule has 1 N–H and O–H groups in total. The van der Waals surface area contributed by atoms with Crippen LogP contribution in [0.3, 0.4) is 0 Å². The van der Waals surface area contributed by atoms with E-state index < -0.39 is 0 Å². The van der Waals surface area contributed by atoms with E-state index in [2.05, 4.69) is 10.2 Å². The average molecular weight is 152 g/mol. The summed E-state index contributed by atoms with van der Waals surface area (Å²) in [6.07, 6.45) is 5.79. The Kier molecular flexibility index (Phi) is 1.29. The number of piperazine rings is 1. The molecule has 2 atom stereocenters. The lowest BCUT2D eigenvalue weighted by atomic mass is 10.2. The van der Waals surface area contributed by atoms with Gasteiger partial charge in [-0.2, -0.15) is 0 Å². The molecule has 0 radical (unpaired) electrons. The summed E-state index contributed by atoms with van der Waals surface area (Å²) in [5.41, 5.74) is 0. The molecule has 0 spiro atoms. The SMILES string of the molecule is C1CC2CN(C3CC3)CC1N2. The van der Waals surface area contributed by atoms with Crippen molar-refractivity contribution in [3.8, 4) is 0 Å². The van der Waals surface area contributed by atoms with E-state index in [4.69, 9.17) is 0 Å². The van der Waals surface area contributed by atoms with E-state index >= 15 is 0 Å². The summed E-state index contributed by atoms with van der Waals surface area (Å²) in [5.74, 6) is 0.